The number of likely N-dealkylation sites (tertiary alicyclic amines) is 1. The van der Waals surface area contributed by atoms with Gasteiger partial charge >= 0.3 is 5.97 Å². The van der Waals surface area contributed by atoms with Gasteiger partial charge in [-0.15, -0.1) is 0 Å². The molecule has 0 bridgehead atoms. The van der Waals surface area contributed by atoms with Crippen LogP contribution in [0.4, 0.5) is 5.82 Å². The Hall–Kier alpha value is -1.56. The van der Waals surface area contributed by atoms with Crippen molar-refractivity contribution in [3.63, 3.8) is 0 Å². The Morgan fingerprint density at radius 2 is 2.16 bits per heavy atom. The zero-order chi connectivity index (χ0) is 13.8. The minimum atomic E-state index is -0.484. The van der Waals surface area contributed by atoms with Gasteiger partial charge in [-0.05, 0) is 32.9 Å². The summed E-state index contributed by atoms with van der Waals surface area (Å²) >= 11 is 0. The van der Waals surface area contributed by atoms with E-state index in [0.717, 1.165) is 19.6 Å². The molecule has 6 nitrogen and oxygen atoms in total. The van der Waals surface area contributed by atoms with Gasteiger partial charge in [0.05, 0.1) is 13.4 Å². The zero-order valence-corrected chi connectivity index (χ0v) is 11.6. The number of esters is 1. The van der Waals surface area contributed by atoms with Gasteiger partial charge in [0.25, 0.3) is 0 Å². The summed E-state index contributed by atoms with van der Waals surface area (Å²) in [6.45, 7) is 5.21. The van der Waals surface area contributed by atoms with Gasteiger partial charge in [0.1, 0.15) is 5.82 Å². The van der Waals surface area contributed by atoms with E-state index in [1.165, 1.54) is 26.4 Å². The second kappa shape index (κ2) is 6.06. The van der Waals surface area contributed by atoms with Crippen LogP contribution < -0.4 is 5.73 Å². The molecule has 1 aromatic heterocycles. The number of carbonyl (C=O) groups excluding carboxylic acids is 1. The van der Waals surface area contributed by atoms with E-state index < -0.39 is 5.97 Å². The summed E-state index contributed by atoms with van der Waals surface area (Å²) in [5.74, 6) is -0.0995. The third kappa shape index (κ3) is 3.07. The first kappa shape index (κ1) is 13.9. The standard InChI is InChI=1S/C13H22N4O2/c1-10(16-6-4-3-5-7-16)8-17-9-15-11(12(17)14)13(18)19-2/h9-10H,3-8,14H2,1-2H3. The van der Waals surface area contributed by atoms with Crippen molar-refractivity contribution in [1.29, 1.82) is 0 Å². The third-order valence-electron chi connectivity index (χ3n) is 3.73. The largest absolute Gasteiger partial charge is 0.464 e. The molecule has 19 heavy (non-hydrogen) atoms. The molecule has 1 fully saturated rings. The molecule has 0 saturated carbocycles. The van der Waals surface area contributed by atoms with E-state index in [4.69, 9.17) is 5.73 Å². The van der Waals surface area contributed by atoms with Crippen LogP contribution in [0.2, 0.25) is 0 Å². The minimum Gasteiger partial charge on any atom is -0.464 e. The van der Waals surface area contributed by atoms with Crippen molar-refractivity contribution < 1.29 is 9.53 Å². The molecule has 1 atom stereocenters. The lowest BCUT2D eigenvalue weighted by Gasteiger charge is -2.32. The van der Waals surface area contributed by atoms with E-state index in [0.29, 0.717) is 11.9 Å². The average molecular weight is 266 g/mol. The van der Waals surface area contributed by atoms with Crippen LogP contribution in [-0.4, -0.2) is 46.7 Å². The number of hydrogen-bond donors (Lipinski definition) is 1. The lowest BCUT2D eigenvalue weighted by atomic mass is 10.1. The summed E-state index contributed by atoms with van der Waals surface area (Å²) in [6, 6.07) is 0.391. The van der Waals surface area contributed by atoms with Crippen LogP contribution in [0.15, 0.2) is 6.33 Å². The molecule has 2 rings (SSSR count). The summed E-state index contributed by atoms with van der Waals surface area (Å²) in [7, 11) is 1.33. The number of piperidine rings is 1. The lowest BCUT2D eigenvalue weighted by Crippen LogP contribution is -2.39. The molecule has 1 saturated heterocycles. The molecule has 106 valence electrons. The smallest absolute Gasteiger partial charge is 0.360 e. The van der Waals surface area contributed by atoms with Crippen molar-refractivity contribution in [1.82, 2.24) is 14.5 Å². The molecule has 2 heterocycles. The maximum Gasteiger partial charge on any atom is 0.360 e. The number of ether oxygens (including phenoxy) is 1. The fourth-order valence-corrected chi connectivity index (χ4v) is 2.55. The van der Waals surface area contributed by atoms with Crippen molar-refractivity contribution in [3.8, 4) is 0 Å². The van der Waals surface area contributed by atoms with E-state index in [-0.39, 0.29) is 5.69 Å². The van der Waals surface area contributed by atoms with Gasteiger partial charge < -0.3 is 15.0 Å². The van der Waals surface area contributed by atoms with Crippen molar-refractivity contribution in [2.24, 2.45) is 0 Å². The Kier molecular flexibility index (Phi) is 4.42. The molecule has 0 amide bonds. The Morgan fingerprint density at radius 1 is 1.47 bits per heavy atom. The van der Waals surface area contributed by atoms with Crippen LogP contribution >= 0.6 is 0 Å². The number of nitrogens with two attached hydrogens (primary N) is 1. The SMILES string of the molecule is COC(=O)c1ncn(CC(C)N2CCCCC2)c1N. The Balaban J connectivity index is 2.02. The van der Waals surface area contributed by atoms with Gasteiger partial charge in [0.15, 0.2) is 5.69 Å². The summed E-state index contributed by atoms with van der Waals surface area (Å²) in [5.41, 5.74) is 6.14. The minimum absolute atomic E-state index is 0.202. The number of rotatable bonds is 4. The van der Waals surface area contributed by atoms with Gasteiger partial charge in [-0.3, -0.25) is 4.90 Å². The van der Waals surface area contributed by atoms with Gasteiger partial charge in [0.2, 0.25) is 0 Å². The fourth-order valence-electron chi connectivity index (χ4n) is 2.55. The highest BCUT2D eigenvalue weighted by molar-refractivity contribution is 5.92. The molecule has 1 aromatic rings. The zero-order valence-electron chi connectivity index (χ0n) is 11.6. The molecule has 1 aliphatic heterocycles. The summed E-state index contributed by atoms with van der Waals surface area (Å²) in [6.07, 6.45) is 5.46. The van der Waals surface area contributed by atoms with Gasteiger partial charge in [-0.2, -0.15) is 0 Å². The van der Waals surface area contributed by atoms with Crippen molar-refractivity contribution in [2.75, 3.05) is 25.9 Å². The lowest BCUT2D eigenvalue weighted by molar-refractivity contribution is 0.0596. The Morgan fingerprint density at radius 3 is 2.79 bits per heavy atom. The van der Waals surface area contributed by atoms with E-state index in [2.05, 4.69) is 21.5 Å². The monoisotopic (exact) mass is 266 g/mol. The van der Waals surface area contributed by atoms with Crippen LogP contribution in [0.3, 0.4) is 0 Å². The number of nitrogen functional groups attached to an aromatic ring is 1. The molecule has 0 spiro atoms. The predicted molar refractivity (Wildman–Crippen MR) is 72.9 cm³/mol. The molecule has 2 N–H and O–H groups in total. The van der Waals surface area contributed by atoms with E-state index >= 15 is 0 Å². The van der Waals surface area contributed by atoms with E-state index in [1.54, 1.807) is 6.33 Å². The molecule has 0 aliphatic carbocycles. The highest BCUT2D eigenvalue weighted by atomic mass is 16.5. The van der Waals surface area contributed by atoms with Crippen molar-refractivity contribution >= 4 is 11.8 Å². The molecule has 0 radical (unpaired) electrons. The molecule has 1 unspecified atom stereocenters. The van der Waals surface area contributed by atoms with Crippen molar-refractivity contribution in [3.05, 3.63) is 12.0 Å². The fraction of sp³-hybridized carbons (Fsp3) is 0.692. The number of aromatic nitrogens is 2. The van der Waals surface area contributed by atoms with Gasteiger partial charge in [-0.25, -0.2) is 9.78 Å². The van der Waals surface area contributed by atoms with Gasteiger partial charge in [0, 0.05) is 12.6 Å². The van der Waals surface area contributed by atoms with E-state index in [1.807, 2.05) is 4.57 Å². The highest BCUT2D eigenvalue weighted by Crippen LogP contribution is 2.16. The Bertz CT molecular complexity index is 438. The van der Waals surface area contributed by atoms with Crippen LogP contribution in [-0.2, 0) is 11.3 Å². The summed E-state index contributed by atoms with van der Waals surface area (Å²) < 4.78 is 6.47. The summed E-state index contributed by atoms with van der Waals surface area (Å²) in [5, 5.41) is 0. The van der Waals surface area contributed by atoms with Crippen molar-refractivity contribution in [2.45, 2.75) is 38.8 Å². The van der Waals surface area contributed by atoms with Gasteiger partial charge in [-0.1, -0.05) is 6.42 Å². The van der Waals surface area contributed by atoms with Crippen LogP contribution in [0.1, 0.15) is 36.7 Å². The van der Waals surface area contributed by atoms with E-state index in [9.17, 15) is 4.79 Å². The highest BCUT2D eigenvalue weighted by Gasteiger charge is 2.20. The molecular weight excluding hydrogens is 244 g/mol. The van der Waals surface area contributed by atoms with Crippen LogP contribution in [0.25, 0.3) is 0 Å². The number of hydrogen-bond acceptors (Lipinski definition) is 5. The second-order valence-corrected chi connectivity index (χ2v) is 5.07. The second-order valence-electron chi connectivity index (χ2n) is 5.07. The number of nitrogens with zero attached hydrogens (tertiary/aromatic N) is 3. The molecule has 1 aliphatic rings. The molecular formula is C13H22N4O2. The first-order valence-electron chi connectivity index (χ1n) is 6.76. The molecule has 0 aromatic carbocycles. The number of carbonyl (C=O) groups is 1. The predicted octanol–water partition coefficient (Wildman–Crippen LogP) is 1.13. The number of methoxy groups -OCH3 is 1. The first-order valence-corrected chi connectivity index (χ1v) is 6.76. The Labute approximate surface area is 113 Å². The molecule has 6 heteroatoms. The first-order chi connectivity index (χ1) is 9.13. The topological polar surface area (TPSA) is 73.4 Å². The average Bonchev–Trinajstić information content (AvgIpc) is 2.80. The number of anilines is 1. The van der Waals surface area contributed by atoms with Crippen LogP contribution in [0.5, 0.6) is 0 Å². The maximum atomic E-state index is 11.4. The quantitative estimate of drug-likeness (QED) is 0.827. The number of imidazole rings is 1. The van der Waals surface area contributed by atoms with Crippen LogP contribution in [0, 0.1) is 0 Å². The maximum absolute atomic E-state index is 11.4. The summed E-state index contributed by atoms with van der Waals surface area (Å²) in [4.78, 5) is 17.9. The normalized spacial score (nSPS) is 18.2. The third-order valence-corrected chi connectivity index (χ3v) is 3.73.